The Morgan fingerprint density at radius 1 is 1.12 bits per heavy atom. The highest BCUT2D eigenvalue weighted by Gasteiger charge is 2.19. The molecule has 16 heavy (non-hydrogen) atoms. The van der Waals surface area contributed by atoms with Crippen LogP contribution in [-0.2, 0) is 0 Å². The SMILES string of the molecule is CCCC1=CC=C(c2ccccc2)C[C]1F. The molecule has 1 radical (unpaired) electrons. The molecule has 0 fully saturated rings. The van der Waals surface area contributed by atoms with Crippen molar-refractivity contribution in [3.8, 4) is 0 Å². The lowest BCUT2D eigenvalue weighted by Gasteiger charge is -2.17. The van der Waals surface area contributed by atoms with E-state index in [4.69, 9.17) is 0 Å². The molecule has 0 bridgehead atoms. The van der Waals surface area contributed by atoms with E-state index in [9.17, 15) is 4.39 Å². The third-order valence-corrected chi connectivity index (χ3v) is 2.84. The Morgan fingerprint density at radius 3 is 2.50 bits per heavy atom. The second-order valence-electron chi connectivity index (χ2n) is 4.08. The average Bonchev–Trinajstić information content (AvgIpc) is 2.33. The van der Waals surface area contributed by atoms with Gasteiger partial charge in [0.1, 0.15) is 0 Å². The molecule has 1 aromatic carbocycles. The van der Waals surface area contributed by atoms with Crippen LogP contribution in [0.2, 0.25) is 0 Å². The molecule has 0 N–H and O–H groups in total. The first-order valence-corrected chi connectivity index (χ1v) is 5.78. The number of halogens is 1. The molecule has 1 aliphatic carbocycles. The van der Waals surface area contributed by atoms with Gasteiger partial charge in [-0.3, -0.25) is 0 Å². The molecule has 83 valence electrons. The van der Waals surface area contributed by atoms with Crippen LogP contribution < -0.4 is 0 Å². The van der Waals surface area contributed by atoms with Crippen LogP contribution in [0.25, 0.3) is 5.57 Å². The summed E-state index contributed by atoms with van der Waals surface area (Å²) in [6.07, 6.45) is 6.27. The zero-order chi connectivity index (χ0) is 11.4. The zero-order valence-electron chi connectivity index (χ0n) is 9.54. The second-order valence-corrected chi connectivity index (χ2v) is 4.08. The number of benzene rings is 1. The largest absolute Gasteiger partial charge is 0.235 e. The van der Waals surface area contributed by atoms with Gasteiger partial charge < -0.3 is 0 Å². The standard InChI is InChI=1S/C15H16F/c1-2-6-13-9-10-14(11-15(13)16)12-7-4-3-5-8-12/h3-5,7-10H,2,6,11H2,1H3. The van der Waals surface area contributed by atoms with Crippen molar-refractivity contribution >= 4 is 5.57 Å². The number of hydrogen-bond acceptors (Lipinski definition) is 0. The van der Waals surface area contributed by atoms with Crippen LogP contribution in [0.3, 0.4) is 0 Å². The summed E-state index contributed by atoms with van der Waals surface area (Å²) in [6.45, 7) is 2.07. The maximum Gasteiger partial charge on any atom is 0.174 e. The lowest BCUT2D eigenvalue weighted by atomic mass is 9.90. The van der Waals surface area contributed by atoms with Crippen molar-refractivity contribution in [2.45, 2.75) is 26.2 Å². The summed E-state index contributed by atoms with van der Waals surface area (Å²) in [7, 11) is 0. The van der Waals surface area contributed by atoms with Crippen molar-refractivity contribution in [1.29, 1.82) is 0 Å². The maximum absolute atomic E-state index is 13.8. The van der Waals surface area contributed by atoms with Gasteiger partial charge in [0.15, 0.2) is 6.17 Å². The first-order chi connectivity index (χ1) is 7.81. The van der Waals surface area contributed by atoms with Crippen LogP contribution in [0.4, 0.5) is 4.39 Å². The summed E-state index contributed by atoms with van der Waals surface area (Å²) in [6, 6.07) is 10.00. The van der Waals surface area contributed by atoms with Crippen molar-refractivity contribution in [1.82, 2.24) is 0 Å². The molecule has 0 amide bonds. The molecule has 0 nitrogen and oxygen atoms in total. The molecule has 0 heterocycles. The maximum atomic E-state index is 13.8. The molecule has 0 unspecified atom stereocenters. The fourth-order valence-corrected chi connectivity index (χ4v) is 1.97. The monoisotopic (exact) mass is 215 g/mol. The first kappa shape index (κ1) is 11.1. The summed E-state index contributed by atoms with van der Waals surface area (Å²) in [4.78, 5) is 0. The zero-order valence-corrected chi connectivity index (χ0v) is 9.54. The van der Waals surface area contributed by atoms with E-state index in [1.165, 1.54) is 0 Å². The quantitative estimate of drug-likeness (QED) is 0.685. The summed E-state index contributed by atoms with van der Waals surface area (Å²) < 4.78 is 13.8. The highest BCUT2D eigenvalue weighted by Crippen LogP contribution is 2.35. The van der Waals surface area contributed by atoms with Crippen LogP contribution in [0, 0.1) is 6.17 Å². The predicted molar refractivity (Wildman–Crippen MR) is 66.4 cm³/mol. The van der Waals surface area contributed by atoms with Crippen LogP contribution in [-0.4, -0.2) is 0 Å². The molecular formula is C15H16F. The van der Waals surface area contributed by atoms with E-state index < -0.39 is 0 Å². The third-order valence-electron chi connectivity index (χ3n) is 2.84. The topological polar surface area (TPSA) is 0 Å². The van der Waals surface area contributed by atoms with E-state index in [1.807, 2.05) is 42.5 Å². The van der Waals surface area contributed by atoms with Gasteiger partial charge in [0.2, 0.25) is 0 Å². The smallest absolute Gasteiger partial charge is 0.174 e. The van der Waals surface area contributed by atoms with Crippen molar-refractivity contribution in [3.05, 3.63) is 59.8 Å². The molecule has 0 saturated heterocycles. The molecular weight excluding hydrogens is 199 g/mol. The lowest BCUT2D eigenvalue weighted by molar-refractivity contribution is 0.504. The minimum atomic E-state index is 0.0307. The predicted octanol–water partition coefficient (Wildman–Crippen LogP) is 4.70. The van der Waals surface area contributed by atoms with Gasteiger partial charge in [0.25, 0.3) is 0 Å². The Hall–Kier alpha value is -1.37. The number of allylic oxidation sites excluding steroid dienone is 4. The first-order valence-electron chi connectivity index (χ1n) is 5.78. The molecule has 0 aromatic heterocycles. The van der Waals surface area contributed by atoms with Gasteiger partial charge in [-0.2, -0.15) is 0 Å². The van der Waals surface area contributed by atoms with Gasteiger partial charge in [0, 0.05) is 6.42 Å². The van der Waals surface area contributed by atoms with Crippen LogP contribution in [0.1, 0.15) is 31.7 Å². The van der Waals surface area contributed by atoms with Crippen molar-refractivity contribution in [2.75, 3.05) is 0 Å². The van der Waals surface area contributed by atoms with Gasteiger partial charge in [0.05, 0.1) is 0 Å². The molecule has 1 aromatic rings. The molecule has 1 heteroatoms. The molecule has 0 aliphatic heterocycles. The Balaban J connectivity index is 2.21. The van der Waals surface area contributed by atoms with Crippen LogP contribution in [0.15, 0.2) is 48.1 Å². The van der Waals surface area contributed by atoms with Crippen molar-refractivity contribution in [3.63, 3.8) is 0 Å². The number of hydrogen-bond donors (Lipinski definition) is 0. The molecule has 0 atom stereocenters. The van der Waals surface area contributed by atoms with E-state index in [-0.39, 0.29) is 6.17 Å². The van der Waals surface area contributed by atoms with Gasteiger partial charge in [-0.25, -0.2) is 4.39 Å². The van der Waals surface area contributed by atoms with E-state index in [2.05, 4.69) is 6.92 Å². The van der Waals surface area contributed by atoms with E-state index >= 15 is 0 Å². The summed E-state index contributed by atoms with van der Waals surface area (Å²) in [5, 5.41) is 0. The summed E-state index contributed by atoms with van der Waals surface area (Å²) in [5.41, 5.74) is 3.05. The van der Waals surface area contributed by atoms with E-state index in [0.717, 1.165) is 29.6 Å². The molecule has 0 saturated carbocycles. The summed E-state index contributed by atoms with van der Waals surface area (Å²) >= 11 is 0. The fourth-order valence-electron chi connectivity index (χ4n) is 1.97. The highest BCUT2D eigenvalue weighted by atomic mass is 19.1. The lowest BCUT2D eigenvalue weighted by Crippen LogP contribution is -2.01. The molecule has 0 spiro atoms. The Labute approximate surface area is 96.5 Å². The van der Waals surface area contributed by atoms with Gasteiger partial charge >= 0.3 is 0 Å². The van der Waals surface area contributed by atoms with E-state index in [0.29, 0.717) is 6.42 Å². The Morgan fingerprint density at radius 2 is 1.88 bits per heavy atom. The third kappa shape index (κ3) is 2.41. The van der Waals surface area contributed by atoms with Crippen molar-refractivity contribution in [2.24, 2.45) is 0 Å². The van der Waals surface area contributed by atoms with Gasteiger partial charge in [-0.1, -0.05) is 55.8 Å². The van der Waals surface area contributed by atoms with Crippen LogP contribution >= 0.6 is 0 Å². The fraction of sp³-hybridized carbons (Fsp3) is 0.267. The Kier molecular flexibility index (Phi) is 3.55. The molecule has 1 aliphatic rings. The van der Waals surface area contributed by atoms with E-state index in [1.54, 1.807) is 0 Å². The minimum Gasteiger partial charge on any atom is -0.235 e. The van der Waals surface area contributed by atoms with Gasteiger partial charge in [-0.05, 0) is 23.1 Å². The molecule has 2 rings (SSSR count). The van der Waals surface area contributed by atoms with Gasteiger partial charge in [-0.15, -0.1) is 0 Å². The normalized spacial score (nSPS) is 16.9. The number of rotatable bonds is 3. The summed E-state index contributed by atoms with van der Waals surface area (Å²) in [5.74, 6) is 0. The second kappa shape index (κ2) is 5.11. The van der Waals surface area contributed by atoms with Crippen LogP contribution in [0.5, 0.6) is 0 Å². The average molecular weight is 215 g/mol. The van der Waals surface area contributed by atoms with Crippen molar-refractivity contribution < 1.29 is 4.39 Å². The Bertz CT molecular complexity index is 401. The highest BCUT2D eigenvalue weighted by molar-refractivity contribution is 5.71. The minimum absolute atomic E-state index is 0.0307.